The maximum atomic E-state index is 12.7. The number of amides is 2. The number of likely N-dealkylation sites (N-methyl/N-ethyl adjacent to an activating group) is 1. The molecule has 192 valence electrons. The van der Waals surface area contributed by atoms with E-state index in [2.05, 4.69) is 48.6 Å². The van der Waals surface area contributed by atoms with E-state index < -0.39 is 0 Å². The molecule has 7 heteroatoms. The summed E-state index contributed by atoms with van der Waals surface area (Å²) < 4.78 is 5.86. The van der Waals surface area contributed by atoms with E-state index in [1.165, 1.54) is 36.8 Å². The maximum Gasteiger partial charge on any atom is 0.315 e. The first kappa shape index (κ1) is 24.9. The molecule has 2 amide bonds. The van der Waals surface area contributed by atoms with Gasteiger partial charge < -0.3 is 20.3 Å². The van der Waals surface area contributed by atoms with Gasteiger partial charge in [-0.1, -0.05) is 39.2 Å². The van der Waals surface area contributed by atoms with Gasteiger partial charge >= 0.3 is 12.0 Å². The molecule has 0 spiro atoms. The predicted octanol–water partition coefficient (Wildman–Crippen LogP) is 4.64. The molecule has 5 unspecified atom stereocenters. The van der Waals surface area contributed by atoms with Crippen LogP contribution in [0.1, 0.15) is 76.3 Å². The second-order valence-electron chi connectivity index (χ2n) is 11.2. The molecule has 1 aliphatic carbocycles. The highest BCUT2D eigenvalue weighted by Gasteiger charge is 2.50. The van der Waals surface area contributed by atoms with Crippen LogP contribution in [0.5, 0.6) is 5.75 Å². The molecular formula is C28H41N3O3S. The number of esters is 1. The summed E-state index contributed by atoms with van der Waals surface area (Å²) in [6.45, 7) is 5.86. The Balaban J connectivity index is 1.18. The number of fused-ring (bicyclic) bond motifs is 5. The molecule has 3 saturated heterocycles. The highest BCUT2D eigenvalue weighted by atomic mass is 32.2. The summed E-state index contributed by atoms with van der Waals surface area (Å²) in [6.07, 6.45) is 9.21. The van der Waals surface area contributed by atoms with Crippen molar-refractivity contribution in [2.75, 3.05) is 19.3 Å². The van der Waals surface area contributed by atoms with Crippen LogP contribution in [0.3, 0.4) is 0 Å². The molecule has 3 heterocycles. The first-order valence-corrected chi connectivity index (χ1v) is 14.7. The van der Waals surface area contributed by atoms with E-state index in [1.807, 2.05) is 17.8 Å². The molecule has 2 N–H and O–H groups in total. The van der Waals surface area contributed by atoms with Crippen LogP contribution in [-0.2, 0) is 16.6 Å². The molecule has 3 aliphatic heterocycles. The van der Waals surface area contributed by atoms with Crippen molar-refractivity contribution < 1.29 is 14.3 Å². The van der Waals surface area contributed by atoms with Gasteiger partial charge in [0.2, 0.25) is 0 Å². The molecule has 35 heavy (non-hydrogen) atoms. The lowest BCUT2D eigenvalue weighted by Crippen LogP contribution is -2.57. The average Bonchev–Trinajstić information content (AvgIpc) is 3.38. The Bertz CT molecular complexity index is 951. The number of nitrogens with zero attached hydrogens (tertiary/aromatic N) is 1. The second kappa shape index (κ2) is 10.3. The van der Waals surface area contributed by atoms with Crippen LogP contribution in [0.2, 0.25) is 0 Å². The number of rotatable bonds is 9. The number of hydrogen-bond donors (Lipinski definition) is 2. The lowest BCUT2D eigenvalue weighted by molar-refractivity contribution is -0.134. The summed E-state index contributed by atoms with van der Waals surface area (Å²) >= 11 is 1.93. The minimum Gasteiger partial charge on any atom is -0.427 e. The summed E-state index contributed by atoms with van der Waals surface area (Å²) in [7, 11) is 2.27. The van der Waals surface area contributed by atoms with E-state index in [9.17, 15) is 9.59 Å². The van der Waals surface area contributed by atoms with Crippen LogP contribution in [0.25, 0.3) is 0 Å². The van der Waals surface area contributed by atoms with Crippen molar-refractivity contribution in [3.63, 3.8) is 0 Å². The van der Waals surface area contributed by atoms with E-state index >= 15 is 0 Å². The maximum absolute atomic E-state index is 12.7. The van der Waals surface area contributed by atoms with E-state index in [-0.39, 0.29) is 29.5 Å². The average molecular weight is 500 g/mol. The summed E-state index contributed by atoms with van der Waals surface area (Å²) in [5.74, 6) is 2.16. The zero-order chi connectivity index (χ0) is 24.6. The number of carbonyl (C=O) groups is 2. The Morgan fingerprint density at radius 3 is 2.94 bits per heavy atom. The largest absolute Gasteiger partial charge is 0.427 e. The van der Waals surface area contributed by atoms with E-state index in [4.69, 9.17) is 4.74 Å². The molecule has 3 fully saturated rings. The first-order valence-electron chi connectivity index (χ1n) is 13.6. The van der Waals surface area contributed by atoms with Gasteiger partial charge in [0.1, 0.15) is 5.75 Å². The molecule has 5 rings (SSSR count). The van der Waals surface area contributed by atoms with Crippen molar-refractivity contribution in [3.05, 3.63) is 29.3 Å². The lowest BCUT2D eigenvalue weighted by Gasteiger charge is -2.55. The normalized spacial score (nSPS) is 33.6. The number of urea groups is 1. The minimum atomic E-state index is -0.134. The number of ether oxygens (including phenoxy) is 1. The van der Waals surface area contributed by atoms with Gasteiger partial charge in [-0.2, -0.15) is 11.8 Å². The summed E-state index contributed by atoms with van der Waals surface area (Å²) in [4.78, 5) is 26.8. The van der Waals surface area contributed by atoms with Crippen LogP contribution in [0.15, 0.2) is 18.2 Å². The highest BCUT2D eigenvalue weighted by molar-refractivity contribution is 8.00. The highest BCUT2D eigenvalue weighted by Crippen LogP contribution is 2.52. The van der Waals surface area contributed by atoms with Crippen molar-refractivity contribution in [2.24, 2.45) is 5.92 Å². The molecule has 4 aliphatic rings. The molecule has 2 bridgehead atoms. The SMILES string of the molecule is CCCC[C@@]12CCN(C)C(Cc3ccc(OC(=O)CCCCC4SCC5NC(=O)NC54)cc31)C2C. The molecule has 0 radical (unpaired) electrons. The van der Waals surface area contributed by atoms with Crippen molar-refractivity contribution in [1.82, 2.24) is 15.5 Å². The predicted molar refractivity (Wildman–Crippen MR) is 141 cm³/mol. The fraction of sp³-hybridized carbons (Fsp3) is 0.714. The molecule has 1 aromatic carbocycles. The van der Waals surface area contributed by atoms with Gasteiger partial charge in [-0.15, -0.1) is 0 Å². The van der Waals surface area contributed by atoms with Gasteiger partial charge in [0.25, 0.3) is 0 Å². The van der Waals surface area contributed by atoms with Gasteiger partial charge in [0.15, 0.2) is 0 Å². The lowest BCUT2D eigenvalue weighted by atomic mass is 9.56. The Labute approximate surface area is 214 Å². The monoisotopic (exact) mass is 499 g/mol. The molecule has 1 aromatic rings. The standard InChI is InChI=1S/C28H41N3O3S/c1-4-5-12-28-13-14-31(3)23(18(28)2)15-19-10-11-20(16-21(19)28)34-25(32)9-7-6-8-24-26-22(17-35-24)29-27(33)30-26/h10-11,16,18,22-24,26H,4-9,12-15,17H2,1-3H3,(H2,29,30,33)/t18?,22?,23?,24?,26?,28-/m0/s1. The Morgan fingerprint density at radius 1 is 1.26 bits per heavy atom. The quantitative estimate of drug-likeness (QED) is 0.224. The Hall–Kier alpha value is -1.73. The van der Waals surface area contributed by atoms with Crippen LogP contribution in [0, 0.1) is 5.92 Å². The van der Waals surface area contributed by atoms with Crippen LogP contribution < -0.4 is 15.4 Å². The molecule has 6 nitrogen and oxygen atoms in total. The number of hydrogen-bond acceptors (Lipinski definition) is 5. The first-order chi connectivity index (χ1) is 16.9. The zero-order valence-electron chi connectivity index (χ0n) is 21.5. The number of benzene rings is 1. The topological polar surface area (TPSA) is 70.7 Å². The van der Waals surface area contributed by atoms with E-state index in [0.717, 1.165) is 38.0 Å². The Kier molecular flexibility index (Phi) is 7.36. The third kappa shape index (κ3) is 4.83. The van der Waals surface area contributed by atoms with Gasteiger partial charge in [0, 0.05) is 28.9 Å². The number of carbonyl (C=O) groups excluding carboxylic acids is 2. The number of piperidine rings is 1. The van der Waals surface area contributed by atoms with Crippen LogP contribution in [0.4, 0.5) is 4.79 Å². The van der Waals surface area contributed by atoms with E-state index in [1.54, 1.807) is 0 Å². The van der Waals surface area contributed by atoms with Crippen LogP contribution >= 0.6 is 11.8 Å². The van der Waals surface area contributed by atoms with Crippen molar-refractivity contribution in [2.45, 2.75) is 100 Å². The molecule has 6 atom stereocenters. The molecule has 0 saturated carbocycles. The molecular weight excluding hydrogens is 458 g/mol. The minimum absolute atomic E-state index is 0.0411. The van der Waals surface area contributed by atoms with Gasteiger partial charge in [0.05, 0.1) is 12.1 Å². The summed E-state index contributed by atoms with van der Waals surface area (Å²) in [5, 5.41) is 6.47. The zero-order valence-corrected chi connectivity index (χ0v) is 22.3. The van der Waals surface area contributed by atoms with Crippen molar-refractivity contribution in [1.29, 1.82) is 0 Å². The summed E-state index contributed by atoms with van der Waals surface area (Å²) in [6, 6.07) is 7.47. The third-order valence-electron chi connectivity index (χ3n) is 9.24. The van der Waals surface area contributed by atoms with Gasteiger partial charge in [-0.3, -0.25) is 4.79 Å². The number of likely N-dealkylation sites (tertiary alicyclic amines) is 1. The van der Waals surface area contributed by atoms with Crippen molar-refractivity contribution in [3.8, 4) is 5.75 Å². The number of thioether (sulfide) groups is 1. The second-order valence-corrected chi connectivity index (χ2v) is 12.5. The van der Waals surface area contributed by atoms with Crippen molar-refractivity contribution >= 4 is 23.8 Å². The molecule has 0 aromatic heterocycles. The fourth-order valence-corrected chi connectivity index (χ4v) is 8.68. The van der Waals surface area contributed by atoms with E-state index in [0.29, 0.717) is 29.4 Å². The van der Waals surface area contributed by atoms with Gasteiger partial charge in [-0.05, 0) is 74.9 Å². The number of unbranched alkanes of at least 4 members (excludes halogenated alkanes) is 2. The van der Waals surface area contributed by atoms with Crippen LogP contribution in [-0.4, -0.2) is 59.6 Å². The smallest absolute Gasteiger partial charge is 0.315 e. The van der Waals surface area contributed by atoms with Gasteiger partial charge in [-0.25, -0.2) is 4.79 Å². The Morgan fingerprint density at radius 2 is 2.11 bits per heavy atom. The summed E-state index contributed by atoms with van der Waals surface area (Å²) in [5.41, 5.74) is 3.08. The fourth-order valence-electron chi connectivity index (χ4n) is 7.14. The third-order valence-corrected chi connectivity index (χ3v) is 10.7. The number of nitrogens with one attached hydrogen (secondary N) is 2.